The number of nitrogens with zero attached hydrogens (tertiary/aromatic N) is 2. The van der Waals surface area contributed by atoms with Gasteiger partial charge in [0.15, 0.2) is 0 Å². The summed E-state index contributed by atoms with van der Waals surface area (Å²) in [5.41, 5.74) is 0. The lowest BCUT2D eigenvalue weighted by Gasteiger charge is -2.19. The quantitative estimate of drug-likeness (QED) is 0.576. The van der Waals surface area contributed by atoms with E-state index in [1.54, 1.807) is 0 Å². The minimum atomic E-state index is 0.565. The van der Waals surface area contributed by atoms with Gasteiger partial charge in [-0.3, -0.25) is 4.90 Å². The van der Waals surface area contributed by atoms with Gasteiger partial charge in [0, 0.05) is 6.04 Å². The minimum absolute atomic E-state index is 0.565. The van der Waals surface area contributed by atoms with E-state index in [1.165, 1.54) is 19.4 Å². The Balaban J connectivity index is 2.36. The average Bonchev–Trinajstić information content (AvgIpc) is 2.36. The topological polar surface area (TPSA) is 27.0 Å². The van der Waals surface area contributed by atoms with Crippen LogP contribution in [0.3, 0.4) is 0 Å². The van der Waals surface area contributed by atoms with Crippen LogP contribution in [0.4, 0.5) is 0 Å². The van der Waals surface area contributed by atoms with Crippen molar-refractivity contribution in [1.29, 1.82) is 5.26 Å². The van der Waals surface area contributed by atoms with E-state index in [4.69, 9.17) is 5.26 Å². The van der Waals surface area contributed by atoms with E-state index < -0.39 is 0 Å². The molecule has 0 aromatic rings. The van der Waals surface area contributed by atoms with Gasteiger partial charge >= 0.3 is 0 Å². The van der Waals surface area contributed by atoms with Gasteiger partial charge in [0.2, 0.25) is 0 Å². The van der Waals surface area contributed by atoms with Gasteiger partial charge in [0.25, 0.3) is 0 Å². The first kappa shape index (κ1) is 7.56. The predicted molar refractivity (Wildman–Crippen MR) is 40.5 cm³/mol. The third-order valence-corrected chi connectivity index (χ3v) is 2.23. The first-order valence-electron chi connectivity index (χ1n) is 3.99. The Morgan fingerprint density at radius 3 is 3.10 bits per heavy atom. The molecule has 1 atom stereocenters. The molecule has 0 N–H and O–H groups in total. The van der Waals surface area contributed by atoms with Crippen LogP contribution in [0.1, 0.15) is 26.2 Å². The fourth-order valence-corrected chi connectivity index (χ4v) is 1.65. The van der Waals surface area contributed by atoms with Crippen LogP contribution in [0.25, 0.3) is 0 Å². The normalized spacial score (nSPS) is 26.6. The third kappa shape index (κ3) is 1.48. The second kappa shape index (κ2) is 3.58. The van der Waals surface area contributed by atoms with E-state index in [0.29, 0.717) is 12.5 Å². The van der Waals surface area contributed by atoms with Gasteiger partial charge in [-0.1, -0.05) is 6.92 Å². The molecular weight excluding hydrogens is 124 g/mol. The fourth-order valence-electron chi connectivity index (χ4n) is 1.65. The molecule has 0 saturated carbocycles. The van der Waals surface area contributed by atoms with Crippen LogP contribution in [0.5, 0.6) is 0 Å². The van der Waals surface area contributed by atoms with Gasteiger partial charge in [-0.25, -0.2) is 0 Å². The third-order valence-electron chi connectivity index (χ3n) is 2.23. The second-order valence-corrected chi connectivity index (χ2v) is 2.79. The largest absolute Gasteiger partial charge is 0.300 e. The zero-order chi connectivity index (χ0) is 7.40. The number of hydrogen-bond donors (Lipinski definition) is 0. The summed E-state index contributed by atoms with van der Waals surface area (Å²) in [5, 5.41) is 8.46. The molecule has 2 nitrogen and oxygen atoms in total. The number of nitriles is 1. The van der Waals surface area contributed by atoms with Crippen molar-refractivity contribution in [1.82, 2.24) is 4.90 Å². The Hall–Kier alpha value is -0.550. The van der Waals surface area contributed by atoms with Crippen molar-refractivity contribution < 1.29 is 0 Å². The van der Waals surface area contributed by atoms with E-state index in [2.05, 4.69) is 17.9 Å². The first-order chi connectivity index (χ1) is 4.88. The van der Waals surface area contributed by atoms with Crippen LogP contribution in [0.15, 0.2) is 0 Å². The van der Waals surface area contributed by atoms with Gasteiger partial charge in [0.05, 0.1) is 12.5 Å². The maximum atomic E-state index is 8.46. The molecule has 0 aromatic carbocycles. The maximum Gasteiger partial charge on any atom is 0.0638 e. The van der Waals surface area contributed by atoms with E-state index in [-0.39, 0.29) is 0 Å². The fraction of sp³-hybridized carbons (Fsp3) is 0.875. The predicted octanol–water partition coefficient (Wildman–Crippen LogP) is 1.38. The summed E-state index contributed by atoms with van der Waals surface area (Å²) in [5.74, 6) is 0. The lowest BCUT2D eigenvalue weighted by Crippen LogP contribution is -2.28. The molecule has 0 spiro atoms. The monoisotopic (exact) mass is 138 g/mol. The molecule has 1 fully saturated rings. The summed E-state index contributed by atoms with van der Waals surface area (Å²) in [4.78, 5) is 2.39. The summed E-state index contributed by atoms with van der Waals surface area (Å²) >= 11 is 0. The molecule has 0 amide bonds. The summed E-state index contributed by atoms with van der Waals surface area (Å²) < 4.78 is 0. The first-order valence-corrected chi connectivity index (χ1v) is 3.99. The standard InChI is InChI=1S/C8H14N2/c1-2-10-7-3-4-8(10)5-6-9/h8H,2-5,7H2,1H3/t8-/m1/s1. The minimum Gasteiger partial charge on any atom is -0.300 e. The van der Waals surface area contributed by atoms with Crippen LogP contribution < -0.4 is 0 Å². The molecule has 10 heavy (non-hydrogen) atoms. The summed E-state index contributed by atoms with van der Waals surface area (Å²) in [6, 6.07) is 2.80. The molecule has 2 heteroatoms. The Bertz CT molecular complexity index is 137. The van der Waals surface area contributed by atoms with Crippen LogP contribution in [-0.2, 0) is 0 Å². The Labute approximate surface area is 62.4 Å². The van der Waals surface area contributed by atoms with Crippen LogP contribution >= 0.6 is 0 Å². The highest BCUT2D eigenvalue weighted by Gasteiger charge is 2.21. The maximum absolute atomic E-state index is 8.46. The van der Waals surface area contributed by atoms with Crippen LogP contribution in [0.2, 0.25) is 0 Å². The van der Waals surface area contributed by atoms with Crippen molar-refractivity contribution in [2.24, 2.45) is 0 Å². The van der Waals surface area contributed by atoms with Crippen molar-refractivity contribution in [2.75, 3.05) is 13.1 Å². The summed E-state index contributed by atoms with van der Waals surface area (Å²) in [7, 11) is 0. The van der Waals surface area contributed by atoms with Crippen LogP contribution in [0, 0.1) is 11.3 Å². The zero-order valence-corrected chi connectivity index (χ0v) is 6.51. The molecule has 1 aliphatic heterocycles. The van der Waals surface area contributed by atoms with Gasteiger partial charge in [-0.05, 0) is 25.9 Å². The SMILES string of the molecule is CCN1CCC[C@@H]1CC#N. The summed E-state index contributed by atoms with van der Waals surface area (Å²) in [6.07, 6.45) is 3.22. The number of rotatable bonds is 2. The molecule has 0 unspecified atom stereocenters. The van der Waals surface area contributed by atoms with Crippen molar-refractivity contribution in [3.63, 3.8) is 0 Å². The molecule has 0 aromatic heterocycles. The van der Waals surface area contributed by atoms with Gasteiger partial charge in [-0.2, -0.15) is 5.26 Å². The Kier molecular flexibility index (Phi) is 2.70. The van der Waals surface area contributed by atoms with E-state index in [1.807, 2.05) is 0 Å². The van der Waals surface area contributed by atoms with Crippen molar-refractivity contribution in [3.8, 4) is 6.07 Å². The molecule has 1 heterocycles. The highest BCUT2D eigenvalue weighted by Crippen LogP contribution is 2.18. The molecular formula is C8H14N2. The van der Waals surface area contributed by atoms with Crippen LogP contribution in [-0.4, -0.2) is 24.0 Å². The molecule has 1 saturated heterocycles. The van der Waals surface area contributed by atoms with Crippen molar-refractivity contribution in [2.45, 2.75) is 32.2 Å². The lowest BCUT2D eigenvalue weighted by atomic mass is 10.2. The van der Waals surface area contributed by atoms with Crippen molar-refractivity contribution in [3.05, 3.63) is 0 Å². The Morgan fingerprint density at radius 2 is 2.50 bits per heavy atom. The zero-order valence-electron chi connectivity index (χ0n) is 6.51. The van der Waals surface area contributed by atoms with E-state index in [0.717, 1.165) is 6.54 Å². The smallest absolute Gasteiger partial charge is 0.0638 e. The Morgan fingerprint density at radius 1 is 1.70 bits per heavy atom. The molecule has 56 valence electrons. The van der Waals surface area contributed by atoms with Gasteiger partial charge in [0.1, 0.15) is 0 Å². The molecule has 1 aliphatic rings. The van der Waals surface area contributed by atoms with Gasteiger partial charge < -0.3 is 0 Å². The van der Waals surface area contributed by atoms with E-state index >= 15 is 0 Å². The highest BCUT2D eigenvalue weighted by molar-refractivity contribution is 4.86. The lowest BCUT2D eigenvalue weighted by molar-refractivity contribution is 0.270. The van der Waals surface area contributed by atoms with Gasteiger partial charge in [-0.15, -0.1) is 0 Å². The average molecular weight is 138 g/mol. The second-order valence-electron chi connectivity index (χ2n) is 2.79. The number of hydrogen-bond acceptors (Lipinski definition) is 2. The highest BCUT2D eigenvalue weighted by atomic mass is 15.2. The summed E-state index contributed by atoms with van der Waals surface area (Å²) in [6.45, 7) is 4.46. The van der Waals surface area contributed by atoms with Crippen molar-refractivity contribution >= 4 is 0 Å². The van der Waals surface area contributed by atoms with E-state index in [9.17, 15) is 0 Å². The molecule has 0 radical (unpaired) electrons. The number of likely N-dealkylation sites (tertiary alicyclic amines) is 1. The molecule has 1 rings (SSSR count). The molecule has 0 bridgehead atoms. The molecule has 0 aliphatic carbocycles.